The normalized spacial score (nSPS) is 16.8. The van der Waals surface area contributed by atoms with Crippen LogP contribution in [-0.4, -0.2) is 27.1 Å². The minimum absolute atomic E-state index is 0.0156. The van der Waals surface area contributed by atoms with E-state index in [9.17, 15) is 13.2 Å². The summed E-state index contributed by atoms with van der Waals surface area (Å²) in [5, 5.41) is 3.07. The lowest BCUT2D eigenvalue weighted by molar-refractivity contribution is -0.121. The van der Waals surface area contributed by atoms with Gasteiger partial charge in [-0.2, -0.15) is 0 Å². The van der Waals surface area contributed by atoms with Gasteiger partial charge in [0.15, 0.2) is 0 Å². The number of hydrogen-bond acceptors (Lipinski definition) is 3. The Bertz CT molecular complexity index is 892. The number of fused-ring (bicyclic) bond motifs is 1. The number of hydrogen-bond donors (Lipinski definition) is 1. The summed E-state index contributed by atoms with van der Waals surface area (Å²) in [7, 11) is -3.32. The smallest absolute Gasteiger partial charge is 0.232 e. The van der Waals surface area contributed by atoms with Gasteiger partial charge in [0.2, 0.25) is 15.9 Å². The van der Waals surface area contributed by atoms with E-state index < -0.39 is 10.0 Å². The van der Waals surface area contributed by atoms with Gasteiger partial charge in [0.25, 0.3) is 0 Å². The summed E-state index contributed by atoms with van der Waals surface area (Å²) in [4.78, 5) is 12.4. The van der Waals surface area contributed by atoms with Crippen molar-refractivity contribution in [2.24, 2.45) is 0 Å². The Hall–Kier alpha value is -2.34. The van der Waals surface area contributed by atoms with Gasteiger partial charge >= 0.3 is 0 Å². The van der Waals surface area contributed by atoms with Crippen molar-refractivity contribution in [3.05, 3.63) is 65.2 Å². The third-order valence-electron chi connectivity index (χ3n) is 4.70. The van der Waals surface area contributed by atoms with Crippen LogP contribution in [-0.2, 0) is 21.2 Å². The molecule has 0 saturated carbocycles. The van der Waals surface area contributed by atoms with E-state index in [1.54, 1.807) is 6.07 Å². The van der Waals surface area contributed by atoms with E-state index in [1.165, 1.54) is 16.1 Å². The topological polar surface area (TPSA) is 66.5 Å². The molecule has 2 aromatic rings. The van der Waals surface area contributed by atoms with Gasteiger partial charge in [0.05, 0.1) is 18.0 Å². The van der Waals surface area contributed by atoms with Crippen molar-refractivity contribution >= 4 is 21.6 Å². The van der Waals surface area contributed by atoms with Crippen LogP contribution >= 0.6 is 0 Å². The number of aryl methyl sites for hydroxylation is 2. The second kappa shape index (κ2) is 7.50. The summed E-state index contributed by atoms with van der Waals surface area (Å²) in [6.45, 7) is 2.41. The van der Waals surface area contributed by atoms with Crippen molar-refractivity contribution in [3.63, 3.8) is 0 Å². The molecule has 1 heterocycles. The highest BCUT2D eigenvalue weighted by molar-refractivity contribution is 7.92. The van der Waals surface area contributed by atoms with Crippen LogP contribution in [0.1, 0.15) is 35.6 Å². The average Bonchev–Trinajstić information content (AvgIpc) is 2.60. The van der Waals surface area contributed by atoms with Crippen LogP contribution in [0.15, 0.2) is 48.5 Å². The summed E-state index contributed by atoms with van der Waals surface area (Å²) >= 11 is 0. The Morgan fingerprint density at radius 3 is 2.54 bits per heavy atom. The van der Waals surface area contributed by atoms with Gasteiger partial charge in [0.1, 0.15) is 0 Å². The first-order valence-electron chi connectivity index (χ1n) is 8.76. The van der Waals surface area contributed by atoms with E-state index >= 15 is 0 Å². The number of carbonyl (C=O) groups excluding carboxylic acids is 1. The van der Waals surface area contributed by atoms with Crippen molar-refractivity contribution in [1.82, 2.24) is 5.32 Å². The average molecular weight is 372 g/mol. The van der Waals surface area contributed by atoms with Crippen LogP contribution in [0.3, 0.4) is 0 Å². The lowest BCUT2D eigenvalue weighted by Gasteiger charge is -2.34. The maximum absolute atomic E-state index is 12.4. The van der Waals surface area contributed by atoms with E-state index in [-0.39, 0.29) is 11.9 Å². The largest absolute Gasteiger partial charge is 0.349 e. The lowest BCUT2D eigenvalue weighted by atomic mass is 9.97. The molecule has 1 amide bonds. The second-order valence-corrected chi connectivity index (χ2v) is 8.70. The van der Waals surface area contributed by atoms with E-state index in [1.807, 2.05) is 49.4 Å². The third-order valence-corrected chi connectivity index (χ3v) is 5.88. The summed E-state index contributed by atoms with van der Waals surface area (Å²) in [6.07, 6.45) is 2.89. The number of benzene rings is 2. The Kier molecular flexibility index (Phi) is 5.32. The summed E-state index contributed by atoms with van der Waals surface area (Å²) in [5.41, 5.74) is 3.85. The highest BCUT2D eigenvalue weighted by Crippen LogP contribution is 2.35. The molecule has 0 spiro atoms. The van der Waals surface area contributed by atoms with Gasteiger partial charge in [-0.3, -0.25) is 9.10 Å². The summed E-state index contributed by atoms with van der Waals surface area (Å²) in [6, 6.07) is 15.4. The molecular formula is C20H24N2O3S. The maximum Gasteiger partial charge on any atom is 0.232 e. The first-order valence-corrected chi connectivity index (χ1v) is 10.6. The molecule has 1 aliphatic heterocycles. The molecule has 0 aromatic heterocycles. The Balaban J connectivity index is 1.68. The van der Waals surface area contributed by atoms with Crippen molar-refractivity contribution < 1.29 is 13.2 Å². The number of rotatable bonds is 5. The highest BCUT2D eigenvalue weighted by Gasteiger charge is 2.30. The molecule has 26 heavy (non-hydrogen) atoms. The number of sulfonamides is 1. The van der Waals surface area contributed by atoms with Crippen molar-refractivity contribution in [2.75, 3.05) is 17.1 Å². The van der Waals surface area contributed by atoms with Crippen LogP contribution in [0, 0.1) is 6.92 Å². The van der Waals surface area contributed by atoms with Crippen LogP contribution in [0.25, 0.3) is 0 Å². The molecule has 6 heteroatoms. The highest BCUT2D eigenvalue weighted by atomic mass is 32.2. The van der Waals surface area contributed by atoms with Crippen LogP contribution < -0.4 is 9.62 Å². The summed E-state index contributed by atoms with van der Waals surface area (Å²) < 4.78 is 25.4. The molecule has 1 atom stereocenters. The van der Waals surface area contributed by atoms with Crippen molar-refractivity contribution in [3.8, 4) is 0 Å². The second-order valence-electron chi connectivity index (χ2n) is 6.79. The zero-order chi connectivity index (χ0) is 18.7. The Labute approximate surface area is 155 Å². The molecule has 3 rings (SSSR count). The molecule has 1 N–H and O–H groups in total. The number of carbonyl (C=O) groups is 1. The standard InChI is InChI=1S/C20H24N2O3S/c1-15-7-9-16(10-8-15)11-12-20(23)21-18-13-14-22(26(2,24)25)19-6-4-3-5-17(18)19/h3-10,18H,11-14H2,1-2H3,(H,21,23). The predicted molar refractivity (Wildman–Crippen MR) is 104 cm³/mol. The Morgan fingerprint density at radius 2 is 1.85 bits per heavy atom. The zero-order valence-corrected chi connectivity index (χ0v) is 15.9. The third kappa shape index (κ3) is 4.25. The molecule has 0 saturated heterocycles. The first-order chi connectivity index (χ1) is 12.3. The van der Waals surface area contributed by atoms with Crippen LogP contribution in [0.5, 0.6) is 0 Å². The number of anilines is 1. The van der Waals surface area contributed by atoms with Gasteiger partial charge in [-0.15, -0.1) is 0 Å². The molecule has 0 fully saturated rings. The predicted octanol–water partition coefficient (Wildman–Crippen LogP) is 2.95. The quantitative estimate of drug-likeness (QED) is 0.877. The molecule has 1 unspecified atom stereocenters. The van der Waals surface area contributed by atoms with E-state index in [4.69, 9.17) is 0 Å². The van der Waals surface area contributed by atoms with E-state index in [2.05, 4.69) is 5.32 Å². The van der Waals surface area contributed by atoms with Crippen LogP contribution in [0.4, 0.5) is 5.69 Å². The van der Waals surface area contributed by atoms with Gasteiger partial charge in [-0.1, -0.05) is 48.0 Å². The van der Waals surface area contributed by atoms with Crippen LogP contribution in [0.2, 0.25) is 0 Å². The molecule has 0 radical (unpaired) electrons. The summed E-state index contributed by atoms with van der Waals surface area (Å²) in [5.74, 6) is -0.0156. The van der Waals surface area contributed by atoms with E-state index in [0.29, 0.717) is 31.5 Å². The lowest BCUT2D eigenvalue weighted by Crippen LogP contribution is -2.40. The molecule has 5 nitrogen and oxygen atoms in total. The number of amides is 1. The number of nitrogens with one attached hydrogen (secondary N) is 1. The van der Waals surface area contributed by atoms with E-state index in [0.717, 1.165) is 11.1 Å². The van der Waals surface area contributed by atoms with Gasteiger partial charge in [0, 0.05) is 13.0 Å². The Morgan fingerprint density at radius 1 is 1.15 bits per heavy atom. The minimum atomic E-state index is -3.32. The zero-order valence-electron chi connectivity index (χ0n) is 15.1. The molecule has 1 aliphatic rings. The fourth-order valence-corrected chi connectivity index (χ4v) is 4.27. The van der Waals surface area contributed by atoms with Crippen molar-refractivity contribution in [2.45, 2.75) is 32.2 Å². The molecular weight excluding hydrogens is 348 g/mol. The molecule has 2 aromatic carbocycles. The first kappa shape index (κ1) is 18.5. The number of para-hydroxylation sites is 1. The number of nitrogens with zero attached hydrogens (tertiary/aromatic N) is 1. The fourth-order valence-electron chi connectivity index (χ4n) is 3.31. The molecule has 138 valence electrons. The van der Waals surface area contributed by atoms with Crippen molar-refractivity contribution in [1.29, 1.82) is 0 Å². The monoisotopic (exact) mass is 372 g/mol. The molecule has 0 aliphatic carbocycles. The van der Waals surface area contributed by atoms with Gasteiger partial charge < -0.3 is 5.32 Å². The SMILES string of the molecule is Cc1ccc(CCC(=O)NC2CCN(S(C)(=O)=O)c3ccccc32)cc1. The van der Waals surface area contributed by atoms with Gasteiger partial charge in [-0.25, -0.2) is 8.42 Å². The molecule has 0 bridgehead atoms. The minimum Gasteiger partial charge on any atom is -0.349 e. The maximum atomic E-state index is 12.4. The fraction of sp³-hybridized carbons (Fsp3) is 0.350. The van der Waals surface area contributed by atoms with Gasteiger partial charge in [-0.05, 0) is 37.0 Å².